The number of carbonyl (C=O) groups is 2. The number of ether oxygens (including phenoxy) is 3. The Hall–Kier alpha value is -3.55. The van der Waals surface area contributed by atoms with Crippen molar-refractivity contribution in [2.75, 3.05) is 14.2 Å². The molecule has 25 heavy (non-hydrogen) atoms. The highest BCUT2D eigenvalue weighted by atomic mass is 16.7. The number of phenols is 1. The fourth-order valence-electron chi connectivity index (χ4n) is 1.87. The van der Waals surface area contributed by atoms with Crippen molar-refractivity contribution in [2.24, 2.45) is 5.10 Å². The Labute approximate surface area is 143 Å². The minimum absolute atomic E-state index is 0.110. The molecule has 0 aliphatic carbocycles. The lowest BCUT2D eigenvalue weighted by molar-refractivity contribution is 0.0952. The first-order valence-electron chi connectivity index (χ1n) is 7.10. The number of carbonyl (C=O) groups excluding carboxylic acids is 2. The highest BCUT2D eigenvalue weighted by Crippen LogP contribution is 2.27. The van der Waals surface area contributed by atoms with Gasteiger partial charge in [0.2, 0.25) is 0 Å². The number of rotatable bonds is 5. The van der Waals surface area contributed by atoms with Crippen LogP contribution in [-0.4, -0.2) is 37.6 Å². The number of hydrogen-bond acceptors (Lipinski definition) is 7. The quantitative estimate of drug-likeness (QED) is 0.373. The topological polar surface area (TPSA) is 106 Å². The third kappa shape index (κ3) is 4.71. The molecule has 2 aromatic rings. The van der Waals surface area contributed by atoms with Crippen LogP contribution in [0.1, 0.15) is 15.9 Å². The molecule has 8 nitrogen and oxygen atoms in total. The second kappa shape index (κ2) is 8.34. The van der Waals surface area contributed by atoms with E-state index in [4.69, 9.17) is 9.47 Å². The maximum absolute atomic E-state index is 11.9. The monoisotopic (exact) mass is 344 g/mol. The summed E-state index contributed by atoms with van der Waals surface area (Å²) in [7, 11) is 2.61. The third-order valence-electron chi connectivity index (χ3n) is 3.08. The molecule has 0 spiro atoms. The molecule has 1 amide bonds. The third-order valence-corrected chi connectivity index (χ3v) is 3.08. The Bertz CT molecular complexity index is 803. The number of hydrazone groups is 1. The number of amides is 1. The molecule has 0 heterocycles. The van der Waals surface area contributed by atoms with Crippen LogP contribution in [0.3, 0.4) is 0 Å². The van der Waals surface area contributed by atoms with Gasteiger partial charge in [0, 0.05) is 0 Å². The van der Waals surface area contributed by atoms with Gasteiger partial charge in [-0.15, -0.1) is 0 Å². The van der Waals surface area contributed by atoms with Crippen molar-refractivity contribution < 1.29 is 28.9 Å². The molecular formula is C17H16N2O6. The molecule has 130 valence electrons. The molecule has 8 heteroatoms. The molecule has 2 N–H and O–H groups in total. The van der Waals surface area contributed by atoms with Crippen molar-refractivity contribution in [2.45, 2.75) is 0 Å². The van der Waals surface area contributed by atoms with Crippen LogP contribution in [0.15, 0.2) is 47.6 Å². The smallest absolute Gasteiger partial charge is 0.507 e. The largest absolute Gasteiger partial charge is 0.513 e. The number of aromatic hydroxyl groups is 1. The lowest BCUT2D eigenvalue weighted by atomic mass is 10.2. The van der Waals surface area contributed by atoms with Gasteiger partial charge >= 0.3 is 6.16 Å². The summed E-state index contributed by atoms with van der Waals surface area (Å²) in [5, 5.41) is 13.4. The standard InChI is InChI=1S/C17H16N2O6/c1-23-15-9-11(7-8-14(15)25-17(22)24-2)10-18-19-16(21)12-5-3-4-6-13(12)20/h3-10,20H,1-2H3,(H,19,21)/b18-10+. The number of benzene rings is 2. The van der Waals surface area contributed by atoms with Gasteiger partial charge in [0.05, 0.1) is 26.0 Å². The molecule has 0 aliphatic heterocycles. The van der Waals surface area contributed by atoms with Crippen molar-refractivity contribution in [3.63, 3.8) is 0 Å². The Morgan fingerprint density at radius 2 is 1.88 bits per heavy atom. The van der Waals surface area contributed by atoms with Crippen molar-refractivity contribution in [1.29, 1.82) is 0 Å². The van der Waals surface area contributed by atoms with E-state index in [-0.39, 0.29) is 17.1 Å². The Balaban J connectivity index is 2.07. The number of para-hydroxylation sites is 1. The molecule has 0 unspecified atom stereocenters. The molecule has 0 fully saturated rings. The van der Waals surface area contributed by atoms with Gasteiger partial charge in [-0.2, -0.15) is 5.10 Å². The van der Waals surface area contributed by atoms with E-state index in [0.717, 1.165) is 0 Å². The van der Waals surface area contributed by atoms with E-state index >= 15 is 0 Å². The fraction of sp³-hybridized carbons (Fsp3) is 0.118. The zero-order chi connectivity index (χ0) is 18.2. The second-order valence-electron chi connectivity index (χ2n) is 4.68. The van der Waals surface area contributed by atoms with Crippen LogP contribution in [-0.2, 0) is 4.74 Å². The average Bonchev–Trinajstić information content (AvgIpc) is 2.62. The molecule has 0 saturated heterocycles. The highest BCUT2D eigenvalue weighted by molar-refractivity contribution is 5.97. The summed E-state index contributed by atoms with van der Waals surface area (Å²) in [5.41, 5.74) is 3.01. The van der Waals surface area contributed by atoms with Crippen molar-refractivity contribution in [1.82, 2.24) is 5.43 Å². The maximum atomic E-state index is 11.9. The number of phenolic OH excluding ortho intramolecular Hbond substituents is 1. The van der Waals surface area contributed by atoms with Crippen LogP contribution in [0.2, 0.25) is 0 Å². The number of nitrogens with zero attached hydrogens (tertiary/aromatic N) is 1. The molecule has 0 aliphatic rings. The summed E-state index contributed by atoms with van der Waals surface area (Å²) in [6.07, 6.45) is 0.511. The summed E-state index contributed by atoms with van der Waals surface area (Å²) in [4.78, 5) is 23.1. The normalized spacial score (nSPS) is 10.3. The fourth-order valence-corrected chi connectivity index (χ4v) is 1.87. The molecule has 2 rings (SSSR count). The Morgan fingerprint density at radius 1 is 1.12 bits per heavy atom. The molecule has 0 aromatic heterocycles. The first-order chi connectivity index (χ1) is 12.0. The molecule has 0 bridgehead atoms. The second-order valence-corrected chi connectivity index (χ2v) is 4.68. The summed E-state index contributed by atoms with van der Waals surface area (Å²) in [6.45, 7) is 0. The zero-order valence-electron chi connectivity index (χ0n) is 13.6. The van der Waals surface area contributed by atoms with Crippen molar-refractivity contribution in [3.8, 4) is 17.2 Å². The van der Waals surface area contributed by atoms with E-state index in [1.165, 1.54) is 38.6 Å². The van der Waals surface area contributed by atoms with Gasteiger partial charge in [-0.3, -0.25) is 4.79 Å². The number of hydrogen-bond donors (Lipinski definition) is 2. The van der Waals surface area contributed by atoms with Crippen LogP contribution < -0.4 is 14.9 Å². The zero-order valence-corrected chi connectivity index (χ0v) is 13.6. The van der Waals surface area contributed by atoms with Crippen LogP contribution in [0.25, 0.3) is 0 Å². The van der Waals surface area contributed by atoms with E-state index in [9.17, 15) is 14.7 Å². The van der Waals surface area contributed by atoms with Crippen LogP contribution >= 0.6 is 0 Å². The summed E-state index contributed by atoms with van der Waals surface area (Å²) < 4.78 is 14.5. The van der Waals surface area contributed by atoms with E-state index in [2.05, 4.69) is 15.3 Å². The molecule has 2 aromatic carbocycles. The summed E-state index contributed by atoms with van der Waals surface area (Å²) >= 11 is 0. The minimum atomic E-state index is -0.866. The SMILES string of the molecule is COC(=O)Oc1ccc(/C=N/NC(=O)c2ccccc2O)cc1OC. The predicted molar refractivity (Wildman–Crippen MR) is 89.2 cm³/mol. The number of nitrogens with one attached hydrogen (secondary N) is 1. The van der Waals surface area contributed by atoms with Gasteiger partial charge in [0.15, 0.2) is 11.5 Å². The average molecular weight is 344 g/mol. The molecule has 0 saturated carbocycles. The summed E-state index contributed by atoms with van der Waals surface area (Å²) in [6, 6.07) is 10.8. The van der Waals surface area contributed by atoms with E-state index in [1.54, 1.807) is 24.3 Å². The van der Waals surface area contributed by atoms with E-state index < -0.39 is 12.1 Å². The Morgan fingerprint density at radius 3 is 2.56 bits per heavy atom. The lowest BCUT2D eigenvalue weighted by Crippen LogP contribution is -2.17. The lowest BCUT2D eigenvalue weighted by Gasteiger charge is -2.08. The predicted octanol–water partition coefficient (Wildman–Crippen LogP) is 2.31. The highest BCUT2D eigenvalue weighted by Gasteiger charge is 2.11. The van der Waals surface area contributed by atoms with Gasteiger partial charge < -0.3 is 19.3 Å². The van der Waals surface area contributed by atoms with Crippen LogP contribution in [0, 0.1) is 0 Å². The van der Waals surface area contributed by atoms with Gasteiger partial charge in [0.1, 0.15) is 5.75 Å². The molecule has 0 atom stereocenters. The first-order valence-corrected chi connectivity index (χ1v) is 7.10. The first kappa shape index (κ1) is 17.8. The van der Waals surface area contributed by atoms with Gasteiger partial charge in [-0.1, -0.05) is 12.1 Å². The maximum Gasteiger partial charge on any atom is 0.513 e. The molecule has 0 radical (unpaired) electrons. The van der Waals surface area contributed by atoms with Crippen molar-refractivity contribution in [3.05, 3.63) is 53.6 Å². The summed E-state index contributed by atoms with van der Waals surface area (Å²) in [5.74, 6) is -0.209. The van der Waals surface area contributed by atoms with Crippen molar-refractivity contribution >= 4 is 18.3 Å². The number of methoxy groups -OCH3 is 2. The minimum Gasteiger partial charge on any atom is -0.507 e. The molecular weight excluding hydrogens is 328 g/mol. The van der Waals surface area contributed by atoms with E-state index in [0.29, 0.717) is 11.3 Å². The Kier molecular flexibility index (Phi) is 5.94. The van der Waals surface area contributed by atoms with Gasteiger partial charge in [-0.05, 0) is 35.9 Å². The van der Waals surface area contributed by atoms with Gasteiger partial charge in [0.25, 0.3) is 5.91 Å². The van der Waals surface area contributed by atoms with Crippen LogP contribution in [0.5, 0.6) is 17.2 Å². The van der Waals surface area contributed by atoms with Crippen LogP contribution in [0.4, 0.5) is 4.79 Å². The van der Waals surface area contributed by atoms with Gasteiger partial charge in [-0.25, -0.2) is 10.2 Å². The van der Waals surface area contributed by atoms with E-state index in [1.807, 2.05) is 0 Å².